The van der Waals surface area contributed by atoms with Gasteiger partial charge in [0, 0.05) is 41.1 Å². The number of hydrogen-bond acceptors (Lipinski definition) is 4. The van der Waals surface area contributed by atoms with Crippen LogP contribution < -0.4 is 10.6 Å². The summed E-state index contributed by atoms with van der Waals surface area (Å²) >= 11 is 0. The van der Waals surface area contributed by atoms with Crippen LogP contribution in [0.2, 0.25) is 0 Å². The second-order valence-corrected chi connectivity index (χ2v) is 7.57. The standard InChI is InChI=1S/C26H22N6/c1-4-22-20(14-17(3)21-15-28-11-8-16(21)2)25(32-31-22)26-29-23-7-5-6-19(24(23)30-26)18-9-12-27-13-10-18/h4-15,31H,3H2,1-2H3,(H,29,30)/b20-14+,22-4+. The third kappa shape index (κ3) is 3.41. The van der Waals surface area contributed by atoms with E-state index >= 15 is 0 Å². The van der Waals surface area contributed by atoms with E-state index in [-0.39, 0.29) is 0 Å². The number of allylic oxidation sites excluding steroid dienone is 1. The molecule has 0 fully saturated rings. The first-order chi connectivity index (χ1) is 15.7. The van der Waals surface area contributed by atoms with E-state index in [1.807, 2.05) is 55.6 Å². The minimum Gasteiger partial charge on any atom is -0.337 e. The zero-order chi connectivity index (χ0) is 22.1. The molecule has 0 aliphatic rings. The summed E-state index contributed by atoms with van der Waals surface area (Å²) in [4.78, 5) is 16.7. The van der Waals surface area contributed by atoms with Gasteiger partial charge < -0.3 is 4.98 Å². The zero-order valence-electron chi connectivity index (χ0n) is 17.9. The van der Waals surface area contributed by atoms with E-state index in [2.05, 4.69) is 44.7 Å². The topological polar surface area (TPSA) is 83.1 Å². The maximum atomic E-state index is 4.93. The minimum absolute atomic E-state index is 0.702. The summed E-state index contributed by atoms with van der Waals surface area (Å²) in [6, 6.07) is 12.1. The lowest BCUT2D eigenvalue weighted by molar-refractivity contribution is 1.05. The van der Waals surface area contributed by atoms with Crippen molar-refractivity contribution in [2.45, 2.75) is 13.8 Å². The number of aromatic nitrogens is 6. The molecule has 32 heavy (non-hydrogen) atoms. The van der Waals surface area contributed by atoms with Crippen molar-refractivity contribution < 1.29 is 0 Å². The third-order valence-electron chi connectivity index (χ3n) is 5.55. The fraction of sp³-hybridized carbons (Fsp3) is 0.0769. The first-order valence-electron chi connectivity index (χ1n) is 10.4. The number of benzene rings is 1. The Kier molecular flexibility index (Phi) is 4.95. The van der Waals surface area contributed by atoms with E-state index in [1.165, 1.54) is 0 Å². The Hall–Kier alpha value is -4.32. The van der Waals surface area contributed by atoms with Crippen LogP contribution in [0, 0.1) is 6.92 Å². The molecule has 1 aromatic carbocycles. The number of imidazole rings is 1. The van der Waals surface area contributed by atoms with E-state index in [9.17, 15) is 0 Å². The molecule has 0 aliphatic carbocycles. The fourth-order valence-electron chi connectivity index (χ4n) is 3.87. The molecular formula is C26H22N6. The van der Waals surface area contributed by atoms with Crippen molar-refractivity contribution in [3.63, 3.8) is 0 Å². The van der Waals surface area contributed by atoms with Crippen molar-refractivity contribution in [3.8, 4) is 22.6 Å². The summed E-state index contributed by atoms with van der Waals surface area (Å²) in [5, 5.41) is 9.55. The van der Waals surface area contributed by atoms with Crippen molar-refractivity contribution >= 4 is 28.8 Å². The Labute approximate surface area is 185 Å². The van der Waals surface area contributed by atoms with Gasteiger partial charge in [-0.05, 0) is 60.9 Å². The maximum absolute atomic E-state index is 4.93. The molecule has 0 saturated heterocycles. The number of H-pyrrole nitrogens is 2. The summed E-state index contributed by atoms with van der Waals surface area (Å²) in [6.07, 6.45) is 11.2. The van der Waals surface area contributed by atoms with Crippen molar-refractivity contribution in [2.75, 3.05) is 0 Å². The number of para-hydroxylation sites is 1. The van der Waals surface area contributed by atoms with Crippen LogP contribution in [0.15, 0.2) is 67.8 Å². The van der Waals surface area contributed by atoms with Crippen LogP contribution in [0.5, 0.6) is 0 Å². The summed E-state index contributed by atoms with van der Waals surface area (Å²) in [7, 11) is 0. The molecule has 4 heterocycles. The predicted octanol–water partition coefficient (Wildman–Crippen LogP) is 4.01. The van der Waals surface area contributed by atoms with Crippen molar-refractivity contribution in [2.24, 2.45) is 0 Å². The van der Waals surface area contributed by atoms with E-state index in [1.54, 1.807) is 18.6 Å². The smallest absolute Gasteiger partial charge is 0.159 e. The summed E-state index contributed by atoms with van der Waals surface area (Å²) in [5.74, 6) is 0.702. The molecule has 5 rings (SSSR count). The van der Waals surface area contributed by atoms with Gasteiger partial charge in [-0.15, -0.1) is 0 Å². The van der Waals surface area contributed by atoms with E-state index < -0.39 is 0 Å². The average Bonchev–Trinajstić information content (AvgIpc) is 3.43. The second-order valence-electron chi connectivity index (χ2n) is 7.57. The summed E-state index contributed by atoms with van der Waals surface area (Å²) in [5.41, 5.74) is 7.71. The molecule has 0 spiro atoms. The van der Waals surface area contributed by atoms with Gasteiger partial charge in [0.25, 0.3) is 0 Å². The summed E-state index contributed by atoms with van der Waals surface area (Å²) in [6.45, 7) is 8.31. The normalized spacial score (nSPS) is 12.6. The van der Waals surface area contributed by atoms with E-state index in [0.29, 0.717) is 5.82 Å². The first-order valence-corrected chi connectivity index (χ1v) is 10.4. The molecule has 0 atom stereocenters. The maximum Gasteiger partial charge on any atom is 0.159 e. The average molecular weight is 419 g/mol. The highest BCUT2D eigenvalue weighted by Gasteiger charge is 2.14. The number of nitrogens with zero attached hydrogens (tertiary/aromatic N) is 4. The van der Waals surface area contributed by atoms with Crippen LogP contribution in [-0.4, -0.2) is 30.1 Å². The number of pyridine rings is 2. The lowest BCUT2D eigenvalue weighted by atomic mass is 10.0. The summed E-state index contributed by atoms with van der Waals surface area (Å²) < 4.78 is 0. The SMILES string of the molecule is C=C(/C=c1/c(-c2nc3c(-c4ccncc4)cccc3[nH]2)n[nH]/c1=C/C)c1cnccc1C. The van der Waals surface area contributed by atoms with Crippen LogP contribution in [-0.2, 0) is 0 Å². The molecule has 5 aromatic rings. The number of aromatic amines is 2. The number of aryl methyl sites for hydroxylation is 1. The Morgan fingerprint density at radius 1 is 1.03 bits per heavy atom. The molecular weight excluding hydrogens is 396 g/mol. The highest BCUT2D eigenvalue weighted by molar-refractivity contribution is 5.94. The molecule has 0 aliphatic heterocycles. The molecule has 6 nitrogen and oxygen atoms in total. The molecule has 0 saturated carbocycles. The fourth-order valence-corrected chi connectivity index (χ4v) is 3.87. The van der Waals surface area contributed by atoms with Crippen LogP contribution in [0.1, 0.15) is 18.1 Å². The first kappa shape index (κ1) is 19.6. The molecule has 2 N–H and O–H groups in total. The molecule has 0 bridgehead atoms. The molecule has 0 amide bonds. The van der Waals surface area contributed by atoms with Crippen molar-refractivity contribution in [1.29, 1.82) is 0 Å². The molecule has 0 radical (unpaired) electrons. The lowest BCUT2D eigenvalue weighted by Gasteiger charge is -2.03. The van der Waals surface area contributed by atoms with Crippen molar-refractivity contribution in [1.82, 2.24) is 30.1 Å². The van der Waals surface area contributed by atoms with Gasteiger partial charge in [-0.2, -0.15) is 5.10 Å². The second kappa shape index (κ2) is 8.07. The Morgan fingerprint density at radius 3 is 2.62 bits per heavy atom. The van der Waals surface area contributed by atoms with Crippen LogP contribution in [0.4, 0.5) is 0 Å². The lowest BCUT2D eigenvalue weighted by Crippen LogP contribution is -2.23. The van der Waals surface area contributed by atoms with E-state index in [0.717, 1.165) is 55.1 Å². The van der Waals surface area contributed by atoms with Crippen LogP contribution >= 0.6 is 0 Å². The van der Waals surface area contributed by atoms with Gasteiger partial charge >= 0.3 is 0 Å². The largest absolute Gasteiger partial charge is 0.337 e. The third-order valence-corrected chi connectivity index (χ3v) is 5.55. The molecule has 4 aromatic heterocycles. The zero-order valence-corrected chi connectivity index (χ0v) is 17.9. The van der Waals surface area contributed by atoms with Gasteiger partial charge in [0.2, 0.25) is 0 Å². The van der Waals surface area contributed by atoms with E-state index in [4.69, 9.17) is 4.98 Å². The van der Waals surface area contributed by atoms with Gasteiger partial charge in [0.15, 0.2) is 5.82 Å². The van der Waals surface area contributed by atoms with Crippen LogP contribution in [0.3, 0.4) is 0 Å². The molecule has 0 unspecified atom stereocenters. The van der Waals surface area contributed by atoms with Gasteiger partial charge in [0.1, 0.15) is 5.69 Å². The highest BCUT2D eigenvalue weighted by atomic mass is 15.1. The number of rotatable bonds is 4. The predicted molar refractivity (Wildman–Crippen MR) is 129 cm³/mol. The Balaban J connectivity index is 1.68. The number of nitrogens with one attached hydrogen (secondary N) is 2. The molecule has 156 valence electrons. The highest BCUT2D eigenvalue weighted by Crippen LogP contribution is 2.28. The Morgan fingerprint density at radius 2 is 1.84 bits per heavy atom. The minimum atomic E-state index is 0.702. The van der Waals surface area contributed by atoms with Gasteiger partial charge in [-0.25, -0.2) is 4.98 Å². The number of fused-ring (bicyclic) bond motifs is 1. The molecule has 6 heteroatoms. The van der Waals surface area contributed by atoms with Gasteiger partial charge in [0.05, 0.1) is 16.4 Å². The quantitative estimate of drug-likeness (QED) is 0.462. The van der Waals surface area contributed by atoms with Gasteiger partial charge in [-0.1, -0.05) is 24.8 Å². The van der Waals surface area contributed by atoms with Crippen LogP contribution in [0.25, 0.3) is 51.4 Å². The van der Waals surface area contributed by atoms with Crippen molar-refractivity contribution in [3.05, 3.63) is 89.5 Å². The Bertz CT molecular complexity index is 1560. The monoisotopic (exact) mass is 418 g/mol. The number of hydrogen-bond donors (Lipinski definition) is 2. The van der Waals surface area contributed by atoms with Gasteiger partial charge in [-0.3, -0.25) is 15.1 Å².